The molecule has 1 aromatic carbocycles. The van der Waals surface area contributed by atoms with E-state index in [0.29, 0.717) is 5.92 Å². The maximum absolute atomic E-state index is 11.7. The van der Waals surface area contributed by atoms with Crippen LogP contribution in [0.2, 0.25) is 0 Å². The van der Waals surface area contributed by atoms with Gasteiger partial charge in [-0.3, -0.25) is 4.79 Å². The molecular weight excluding hydrogens is 242 g/mol. The molecule has 0 radical (unpaired) electrons. The van der Waals surface area contributed by atoms with Gasteiger partial charge in [0.25, 0.3) is 0 Å². The molecule has 0 spiro atoms. The maximum Gasteiger partial charge on any atom is 0.250 e. The Bertz CT molecular complexity index is 386. The zero-order valence-electron chi connectivity index (χ0n) is 11.0. The van der Waals surface area contributed by atoms with Gasteiger partial charge in [-0.2, -0.15) is 0 Å². The summed E-state index contributed by atoms with van der Waals surface area (Å²) in [4.78, 5) is 11.7. The normalized spacial score (nSPS) is 23.0. The lowest BCUT2D eigenvalue weighted by molar-refractivity contribution is -0.123. The number of aliphatic hydroxyl groups is 1. The molecule has 0 atom stereocenters. The second-order valence-corrected chi connectivity index (χ2v) is 5.05. The molecule has 1 amide bonds. The number of carbonyl (C=O) groups excluding carboxylic acids is 1. The fourth-order valence-corrected chi connectivity index (χ4v) is 2.39. The third kappa shape index (κ3) is 4.65. The predicted molar refractivity (Wildman–Crippen MR) is 73.9 cm³/mol. The van der Waals surface area contributed by atoms with Crippen LogP contribution < -0.4 is 5.32 Å². The zero-order valence-corrected chi connectivity index (χ0v) is 11.0. The molecule has 1 aliphatic carbocycles. The van der Waals surface area contributed by atoms with Crippen molar-refractivity contribution in [3.8, 4) is 0 Å². The van der Waals surface area contributed by atoms with Crippen LogP contribution >= 0.6 is 0 Å². The van der Waals surface area contributed by atoms with Crippen LogP contribution in [0.3, 0.4) is 0 Å². The molecule has 2 N–H and O–H groups in total. The molecule has 1 saturated carbocycles. The number of carbonyl (C=O) groups is 1. The van der Waals surface area contributed by atoms with Crippen molar-refractivity contribution in [2.24, 2.45) is 5.92 Å². The maximum atomic E-state index is 11.7. The average Bonchev–Trinajstić information content (AvgIpc) is 2.47. The summed E-state index contributed by atoms with van der Waals surface area (Å²) in [5.41, 5.74) is 0.792. The highest BCUT2D eigenvalue weighted by atomic mass is 16.5. The number of ether oxygens (including phenoxy) is 1. The minimum Gasteiger partial charge on any atom is -0.396 e. The fourth-order valence-electron chi connectivity index (χ4n) is 2.39. The van der Waals surface area contributed by atoms with Gasteiger partial charge in [0.2, 0.25) is 5.91 Å². The summed E-state index contributed by atoms with van der Waals surface area (Å²) in [7, 11) is 0. The molecule has 104 valence electrons. The average molecular weight is 263 g/mol. The number of anilines is 1. The minimum atomic E-state index is -0.115. The molecule has 0 heterocycles. The molecule has 0 saturated heterocycles. The SMILES string of the molecule is O=C(COC1CCC(CO)CC1)Nc1ccccc1. The minimum absolute atomic E-state index is 0.101. The van der Waals surface area contributed by atoms with E-state index < -0.39 is 0 Å². The molecule has 0 bridgehead atoms. The van der Waals surface area contributed by atoms with Gasteiger partial charge in [0.1, 0.15) is 6.61 Å². The van der Waals surface area contributed by atoms with Crippen LogP contribution in [-0.4, -0.2) is 30.3 Å². The van der Waals surface area contributed by atoms with Gasteiger partial charge in [-0.05, 0) is 43.7 Å². The Morgan fingerprint density at radius 2 is 1.89 bits per heavy atom. The van der Waals surface area contributed by atoms with Gasteiger partial charge in [-0.15, -0.1) is 0 Å². The molecule has 0 unspecified atom stereocenters. The first-order valence-electron chi connectivity index (χ1n) is 6.85. The number of para-hydroxylation sites is 1. The van der Waals surface area contributed by atoms with Crippen molar-refractivity contribution in [3.05, 3.63) is 30.3 Å². The van der Waals surface area contributed by atoms with E-state index in [-0.39, 0.29) is 25.2 Å². The van der Waals surface area contributed by atoms with Crippen molar-refractivity contribution < 1.29 is 14.6 Å². The van der Waals surface area contributed by atoms with Crippen molar-refractivity contribution in [2.45, 2.75) is 31.8 Å². The quantitative estimate of drug-likeness (QED) is 0.856. The number of hydrogen-bond donors (Lipinski definition) is 2. The van der Waals surface area contributed by atoms with Crippen molar-refractivity contribution in [1.29, 1.82) is 0 Å². The van der Waals surface area contributed by atoms with Crippen molar-refractivity contribution in [3.63, 3.8) is 0 Å². The summed E-state index contributed by atoms with van der Waals surface area (Å²) in [6.07, 6.45) is 4.00. The number of nitrogens with one attached hydrogen (secondary N) is 1. The molecule has 4 nitrogen and oxygen atoms in total. The van der Waals surface area contributed by atoms with Gasteiger partial charge in [0.15, 0.2) is 0 Å². The molecule has 0 aliphatic heterocycles. The van der Waals surface area contributed by atoms with Gasteiger partial charge in [-0.1, -0.05) is 18.2 Å². The molecule has 1 fully saturated rings. The van der Waals surface area contributed by atoms with Crippen molar-refractivity contribution >= 4 is 11.6 Å². The lowest BCUT2D eigenvalue weighted by atomic mass is 9.88. The first-order chi connectivity index (χ1) is 9.28. The van der Waals surface area contributed by atoms with Crippen molar-refractivity contribution in [1.82, 2.24) is 0 Å². The molecular formula is C15H21NO3. The van der Waals surface area contributed by atoms with Crippen LogP contribution in [0.4, 0.5) is 5.69 Å². The Labute approximate surface area is 113 Å². The number of rotatable bonds is 5. The van der Waals surface area contributed by atoms with Crippen LogP contribution in [0.25, 0.3) is 0 Å². The van der Waals surface area contributed by atoms with E-state index in [1.165, 1.54) is 0 Å². The highest BCUT2D eigenvalue weighted by Crippen LogP contribution is 2.25. The summed E-state index contributed by atoms with van der Waals surface area (Å²) in [5, 5.41) is 11.9. The Morgan fingerprint density at radius 3 is 2.53 bits per heavy atom. The zero-order chi connectivity index (χ0) is 13.5. The Balaban J connectivity index is 1.67. The van der Waals surface area contributed by atoms with Crippen LogP contribution in [0.5, 0.6) is 0 Å². The number of aliphatic hydroxyl groups excluding tert-OH is 1. The summed E-state index contributed by atoms with van der Waals surface area (Å²) in [6.45, 7) is 0.366. The molecule has 0 aromatic heterocycles. The highest BCUT2D eigenvalue weighted by molar-refractivity contribution is 5.91. The molecule has 19 heavy (non-hydrogen) atoms. The van der Waals surface area contributed by atoms with E-state index in [9.17, 15) is 4.79 Å². The lowest BCUT2D eigenvalue weighted by Crippen LogP contribution is -2.27. The van der Waals surface area contributed by atoms with Gasteiger partial charge >= 0.3 is 0 Å². The first kappa shape index (κ1) is 14.0. The second kappa shape index (κ2) is 7.26. The summed E-state index contributed by atoms with van der Waals surface area (Å²) < 4.78 is 5.62. The third-order valence-electron chi connectivity index (χ3n) is 3.56. The van der Waals surface area contributed by atoms with Crippen molar-refractivity contribution in [2.75, 3.05) is 18.5 Å². The van der Waals surface area contributed by atoms with E-state index >= 15 is 0 Å². The predicted octanol–water partition coefficient (Wildman–Crippen LogP) is 2.19. The van der Waals surface area contributed by atoms with Gasteiger partial charge in [0.05, 0.1) is 6.10 Å². The summed E-state index contributed by atoms with van der Waals surface area (Å²) in [6, 6.07) is 9.37. The monoisotopic (exact) mass is 263 g/mol. The third-order valence-corrected chi connectivity index (χ3v) is 3.56. The van der Waals surface area contributed by atoms with Crippen LogP contribution in [0, 0.1) is 5.92 Å². The van der Waals surface area contributed by atoms with Crippen LogP contribution in [0.15, 0.2) is 30.3 Å². The highest BCUT2D eigenvalue weighted by Gasteiger charge is 2.21. The Hall–Kier alpha value is -1.39. The topological polar surface area (TPSA) is 58.6 Å². The summed E-state index contributed by atoms with van der Waals surface area (Å²) in [5.74, 6) is 0.300. The van der Waals surface area contributed by atoms with Crippen LogP contribution in [-0.2, 0) is 9.53 Å². The number of amides is 1. The Morgan fingerprint density at radius 1 is 1.21 bits per heavy atom. The van der Waals surface area contributed by atoms with E-state index in [2.05, 4.69) is 5.32 Å². The smallest absolute Gasteiger partial charge is 0.250 e. The largest absolute Gasteiger partial charge is 0.396 e. The Kier molecular flexibility index (Phi) is 5.36. The molecule has 4 heteroatoms. The van der Waals surface area contributed by atoms with E-state index in [1.807, 2.05) is 30.3 Å². The van der Waals surface area contributed by atoms with E-state index in [0.717, 1.165) is 31.4 Å². The lowest BCUT2D eigenvalue weighted by Gasteiger charge is -2.27. The summed E-state index contributed by atoms with van der Waals surface area (Å²) >= 11 is 0. The fraction of sp³-hybridized carbons (Fsp3) is 0.533. The standard InChI is InChI=1S/C15H21NO3/c17-10-12-6-8-14(9-7-12)19-11-15(18)16-13-4-2-1-3-5-13/h1-5,12,14,17H,6-11H2,(H,16,18). The van der Waals surface area contributed by atoms with Gasteiger partial charge < -0.3 is 15.2 Å². The number of benzene rings is 1. The molecule has 1 aromatic rings. The van der Waals surface area contributed by atoms with Gasteiger partial charge in [0, 0.05) is 12.3 Å². The van der Waals surface area contributed by atoms with E-state index in [1.54, 1.807) is 0 Å². The molecule has 2 rings (SSSR count). The van der Waals surface area contributed by atoms with E-state index in [4.69, 9.17) is 9.84 Å². The first-order valence-corrected chi connectivity index (χ1v) is 6.85. The van der Waals surface area contributed by atoms with Crippen LogP contribution in [0.1, 0.15) is 25.7 Å². The second-order valence-electron chi connectivity index (χ2n) is 5.05. The van der Waals surface area contributed by atoms with Gasteiger partial charge in [-0.25, -0.2) is 0 Å². The number of hydrogen-bond acceptors (Lipinski definition) is 3. The molecule has 1 aliphatic rings.